The van der Waals surface area contributed by atoms with Crippen molar-refractivity contribution in [2.75, 3.05) is 44.5 Å². The molecule has 0 unspecified atom stereocenters. The maximum Gasteiger partial charge on any atom is 0.320 e. The van der Waals surface area contributed by atoms with Crippen LogP contribution >= 0.6 is 35.1 Å². The molecule has 0 atom stereocenters. The molecule has 4 N–H and O–H groups in total. The smallest absolute Gasteiger partial charge is 0.320 e. The maximum atomic E-state index is 13.5. The molecule has 0 amide bonds. The van der Waals surface area contributed by atoms with Crippen molar-refractivity contribution in [3.05, 3.63) is 34.2 Å². The summed E-state index contributed by atoms with van der Waals surface area (Å²) in [6, 6.07) is 4.05. The van der Waals surface area contributed by atoms with Crippen LogP contribution in [0.25, 0.3) is 0 Å². The average Bonchev–Trinajstić information content (AvgIpc) is 3.30. The van der Waals surface area contributed by atoms with Gasteiger partial charge in [-0.25, -0.2) is 19.2 Å². The number of benzene rings is 1. The van der Waals surface area contributed by atoms with Crippen molar-refractivity contribution >= 4 is 58.6 Å². The van der Waals surface area contributed by atoms with Crippen molar-refractivity contribution in [3.8, 4) is 0 Å². The van der Waals surface area contributed by atoms with Gasteiger partial charge in [0.15, 0.2) is 10.7 Å². The number of esters is 2. The Morgan fingerprint density at radius 2 is 1.88 bits per heavy atom. The van der Waals surface area contributed by atoms with Crippen molar-refractivity contribution in [1.29, 1.82) is 0 Å². The summed E-state index contributed by atoms with van der Waals surface area (Å²) in [5.41, 5.74) is 0.441. The highest BCUT2D eigenvalue weighted by atomic mass is 79.9. The van der Waals surface area contributed by atoms with E-state index in [2.05, 4.69) is 56.4 Å². The van der Waals surface area contributed by atoms with Crippen molar-refractivity contribution in [3.63, 3.8) is 0 Å². The molecule has 0 aliphatic carbocycles. The number of aromatic nitrogens is 2. The Bertz CT molecular complexity index is 1060. The van der Waals surface area contributed by atoms with E-state index in [9.17, 15) is 23.8 Å². The molecule has 1 aromatic heterocycles. The number of nitrogens with zero attached hydrogens (tertiary/aromatic N) is 3. The number of rotatable bonds is 12. The molecule has 34 heavy (non-hydrogen) atoms. The van der Waals surface area contributed by atoms with E-state index >= 15 is 0 Å². The summed E-state index contributed by atoms with van der Waals surface area (Å²) in [5, 5.41) is 28.2. The monoisotopic (exact) mass is 582 g/mol. The molecule has 0 aliphatic heterocycles. The first kappa shape index (κ1) is 27.7. The van der Waals surface area contributed by atoms with E-state index in [4.69, 9.17) is 4.63 Å². The fourth-order valence-electron chi connectivity index (χ4n) is 2.28. The zero-order valence-electron chi connectivity index (χ0n) is 17.9. The molecule has 2 rings (SSSR count). The highest BCUT2D eigenvalue weighted by molar-refractivity contribution is 9.10. The van der Waals surface area contributed by atoms with E-state index in [1.807, 2.05) is 0 Å². The van der Waals surface area contributed by atoms with Gasteiger partial charge in [-0.15, -0.1) is 0 Å². The van der Waals surface area contributed by atoms with Crippen molar-refractivity contribution in [1.82, 2.24) is 20.5 Å². The average molecular weight is 583 g/mol. The van der Waals surface area contributed by atoms with Crippen LogP contribution in [0.1, 0.15) is 5.69 Å². The lowest BCUT2D eigenvalue weighted by Gasteiger charge is -2.19. The van der Waals surface area contributed by atoms with E-state index in [-0.39, 0.29) is 46.0 Å². The number of hydrogen-bond donors (Lipinski definition) is 4. The first-order valence-corrected chi connectivity index (χ1v) is 13.0. The molecule has 0 aliphatic rings. The number of halogens is 2. The third-order valence-electron chi connectivity index (χ3n) is 4.02. The van der Waals surface area contributed by atoms with Crippen LogP contribution in [0.2, 0.25) is 0 Å². The Morgan fingerprint density at radius 3 is 2.44 bits per heavy atom. The molecular formula is C17H21BrFN6O7PS. The van der Waals surface area contributed by atoms with Gasteiger partial charge >= 0.3 is 11.9 Å². The van der Waals surface area contributed by atoms with Gasteiger partial charge < -0.3 is 20.0 Å². The number of thioether (sulfide) groups is 1. The van der Waals surface area contributed by atoms with Gasteiger partial charge in [0.25, 0.3) is 0 Å². The second-order valence-electron chi connectivity index (χ2n) is 6.25. The molecule has 0 spiro atoms. The van der Waals surface area contributed by atoms with Crippen molar-refractivity contribution < 1.29 is 37.9 Å². The number of oxime groups is 1. The highest BCUT2D eigenvalue weighted by Crippen LogP contribution is 2.37. The van der Waals surface area contributed by atoms with Crippen LogP contribution in [0.4, 0.5) is 10.1 Å². The number of methoxy groups -OCH3 is 2. The summed E-state index contributed by atoms with van der Waals surface area (Å²) in [5.74, 6) is -1.71. The summed E-state index contributed by atoms with van der Waals surface area (Å²) in [7, 11) is -1.05. The number of hydrogen-bond acceptors (Lipinski definition) is 11. The van der Waals surface area contributed by atoms with Crippen LogP contribution in [0, 0.1) is 5.82 Å². The van der Waals surface area contributed by atoms with Gasteiger partial charge in [-0.2, -0.15) is 0 Å². The second kappa shape index (κ2) is 13.4. The predicted molar refractivity (Wildman–Crippen MR) is 124 cm³/mol. The minimum Gasteiger partial charge on any atom is -0.468 e. The van der Waals surface area contributed by atoms with Gasteiger partial charge in [-0.3, -0.25) is 14.2 Å². The van der Waals surface area contributed by atoms with Gasteiger partial charge in [0, 0.05) is 17.6 Å². The highest BCUT2D eigenvalue weighted by Gasteiger charge is 2.25. The third kappa shape index (κ3) is 8.36. The summed E-state index contributed by atoms with van der Waals surface area (Å²) in [6.45, 7) is -0.691. The van der Waals surface area contributed by atoms with Crippen LogP contribution in [0.15, 0.2) is 37.5 Å². The van der Waals surface area contributed by atoms with Crippen LogP contribution in [0.5, 0.6) is 0 Å². The van der Waals surface area contributed by atoms with E-state index in [0.717, 1.165) is 11.8 Å². The molecule has 1 aromatic carbocycles. The Labute approximate surface area is 205 Å². The summed E-state index contributed by atoms with van der Waals surface area (Å²) in [6.07, 6.45) is -0.0259. The van der Waals surface area contributed by atoms with Crippen LogP contribution < -0.4 is 15.5 Å². The van der Waals surface area contributed by atoms with Crippen molar-refractivity contribution in [2.24, 2.45) is 5.16 Å². The number of ether oxygens (including phenoxy) is 2. The lowest BCUT2D eigenvalue weighted by Crippen LogP contribution is -2.33. The number of anilines is 1. The lowest BCUT2D eigenvalue weighted by atomic mass is 10.3. The van der Waals surface area contributed by atoms with Crippen LogP contribution in [0.3, 0.4) is 0 Å². The fourth-order valence-corrected chi connectivity index (χ4v) is 5.80. The number of amidine groups is 1. The zero-order valence-corrected chi connectivity index (χ0v) is 21.2. The molecule has 17 heteroatoms. The molecule has 1 heterocycles. The van der Waals surface area contributed by atoms with Gasteiger partial charge in [0.05, 0.1) is 18.7 Å². The first-order valence-electron chi connectivity index (χ1n) is 9.34. The zero-order chi connectivity index (χ0) is 25.1. The number of carbonyl (C=O) groups excluding carboxylic acids is 2. The second-order valence-corrected chi connectivity index (χ2v) is 10.8. The van der Waals surface area contributed by atoms with Crippen LogP contribution in [-0.4, -0.2) is 72.5 Å². The molecule has 186 valence electrons. The molecule has 0 fully saturated rings. The largest absolute Gasteiger partial charge is 0.468 e. The summed E-state index contributed by atoms with van der Waals surface area (Å²) in [4.78, 5) is 22.9. The minimum atomic E-state index is -3.42. The predicted octanol–water partition coefficient (Wildman–Crippen LogP) is 2.03. The Balaban J connectivity index is 2.06. The normalized spacial score (nSPS) is 11.8. The molecule has 0 saturated carbocycles. The van der Waals surface area contributed by atoms with Crippen molar-refractivity contribution in [2.45, 2.75) is 5.03 Å². The maximum absolute atomic E-state index is 13.5. The Hall–Kier alpha value is -2.52. The van der Waals surface area contributed by atoms with Gasteiger partial charge in [-0.1, -0.05) is 16.9 Å². The molecule has 0 radical (unpaired) electrons. The minimum absolute atomic E-state index is 0.0259. The van der Waals surface area contributed by atoms with E-state index in [1.54, 1.807) is 0 Å². The Morgan fingerprint density at radius 1 is 1.24 bits per heavy atom. The van der Waals surface area contributed by atoms with Crippen LogP contribution in [-0.2, 0) is 23.6 Å². The lowest BCUT2D eigenvalue weighted by molar-refractivity contribution is -0.139. The first-order chi connectivity index (χ1) is 16.2. The number of nitrogens with one attached hydrogen (secondary N) is 3. The molecular weight excluding hydrogens is 562 g/mol. The SMILES string of the molecule is COC(=O)CNP(=O)(CCSc1nonc1/C(=N/O)Nc1ccc(F)c(Br)c1)NCC(=O)OC. The molecule has 0 bridgehead atoms. The summed E-state index contributed by atoms with van der Waals surface area (Å²) >= 11 is 4.13. The Kier molecular flexibility index (Phi) is 10.9. The molecule has 13 nitrogen and oxygen atoms in total. The van der Waals surface area contributed by atoms with E-state index in [1.165, 1.54) is 32.4 Å². The fraction of sp³-hybridized carbons (Fsp3) is 0.353. The van der Waals surface area contributed by atoms with Gasteiger partial charge in [0.2, 0.25) is 13.3 Å². The molecule has 0 saturated heterocycles. The van der Waals surface area contributed by atoms with Gasteiger partial charge in [-0.05, 0) is 44.4 Å². The molecule has 2 aromatic rings. The standard InChI is InChI=1S/C17H21BrFN6O7PS/c1-30-13(26)8-20-33(29,21-9-14(27)31-2)5-6-34-17-15(24-32-25-17)16(23-28)22-10-3-4-12(19)11(18)7-10/h3-4,7,28H,5-6,8-9H2,1-2H3,(H,22,23)(H2,20,21,29). The summed E-state index contributed by atoms with van der Waals surface area (Å²) < 4.78 is 40.6. The van der Waals surface area contributed by atoms with E-state index in [0.29, 0.717) is 5.69 Å². The van der Waals surface area contributed by atoms with E-state index < -0.39 is 25.2 Å². The number of carbonyl (C=O) groups is 2. The van der Waals surface area contributed by atoms with Gasteiger partial charge in [0.1, 0.15) is 18.9 Å². The topological polar surface area (TPSA) is 177 Å². The third-order valence-corrected chi connectivity index (χ3v) is 8.07. The quantitative estimate of drug-likeness (QED) is 0.0543.